The summed E-state index contributed by atoms with van der Waals surface area (Å²) in [5, 5.41) is 28.3. The lowest BCUT2D eigenvalue weighted by Gasteiger charge is -2.28. The predicted octanol–water partition coefficient (Wildman–Crippen LogP) is 1.55. The van der Waals surface area contributed by atoms with E-state index in [4.69, 9.17) is 5.11 Å². The molecule has 0 fully saturated rings. The number of aliphatic hydroxyl groups is 3. The molecule has 3 heteroatoms. The summed E-state index contributed by atoms with van der Waals surface area (Å²) in [7, 11) is 0. The van der Waals surface area contributed by atoms with E-state index in [0.29, 0.717) is 6.42 Å². The molecule has 15 heavy (non-hydrogen) atoms. The predicted molar refractivity (Wildman–Crippen MR) is 61.6 cm³/mol. The fourth-order valence-electron chi connectivity index (χ4n) is 1.72. The highest BCUT2D eigenvalue weighted by Gasteiger charge is 2.25. The summed E-state index contributed by atoms with van der Waals surface area (Å²) in [4.78, 5) is 0. The Kier molecular flexibility index (Phi) is 8.02. The van der Waals surface area contributed by atoms with Crippen molar-refractivity contribution in [2.45, 2.75) is 58.7 Å². The first-order chi connectivity index (χ1) is 7.04. The van der Waals surface area contributed by atoms with Gasteiger partial charge in [0.15, 0.2) is 0 Å². The van der Waals surface area contributed by atoms with Crippen LogP contribution in [0.2, 0.25) is 0 Å². The summed E-state index contributed by atoms with van der Waals surface area (Å²) in [5.74, 6) is 0.145. The maximum Gasteiger partial charge on any atom is 0.0615 e. The Hall–Kier alpha value is -0.120. The molecule has 0 unspecified atom stereocenters. The molecule has 0 amide bonds. The van der Waals surface area contributed by atoms with Gasteiger partial charge in [0.05, 0.1) is 12.2 Å². The molecule has 92 valence electrons. The third-order valence-corrected chi connectivity index (χ3v) is 3.28. The Labute approximate surface area is 93.1 Å². The van der Waals surface area contributed by atoms with Gasteiger partial charge >= 0.3 is 0 Å². The molecule has 0 aromatic carbocycles. The van der Waals surface area contributed by atoms with Crippen molar-refractivity contribution >= 4 is 0 Å². The lowest BCUT2D eigenvalue weighted by molar-refractivity contribution is -0.0111. The van der Waals surface area contributed by atoms with Crippen LogP contribution >= 0.6 is 0 Å². The van der Waals surface area contributed by atoms with Crippen LogP contribution in [0.1, 0.15) is 46.5 Å². The van der Waals surface area contributed by atoms with Crippen LogP contribution in [-0.2, 0) is 0 Å². The Morgan fingerprint density at radius 3 is 2.13 bits per heavy atom. The number of aliphatic hydroxyl groups excluding tert-OH is 3. The molecule has 0 rings (SSSR count). The van der Waals surface area contributed by atoms with Crippen LogP contribution in [0.25, 0.3) is 0 Å². The fraction of sp³-hybridized carbons (Fsp3) is 1.00. The number of rotatable bonds is 8. The largest absolute Gasteiger partial charge is 0.396 e. The second-order valence-corrected chi connectivity index (χ2v) is 4.52. The van der Waals surface area contributed by atoms with Gasteiger partial charge in [0, 0.05) is 12.5 Å². The van der Waals surface area contributed by atoms with Crippen molar-refractivity contribution in [1.29, 1.82) is 0 Å². The van der Waals surface area contributed by atoms with Crippen molar-refractivity contribution in [2.24, 2.45) is 11.8 Å². The van der Waals surface area contributed by atoms with E-state index in [2.05, 4.69) is 0 Å². The normalized spacial score (nSPS) is 19.6. The smallest absolute Gasteiger partial charge is 0.0615 e. The number of hydrogen-bond donors (Lipinski definition) is 3. The van der Waals surface area contributed by atoms with E-state index >= 15 is 0 Å². The van der Waals surface area contributed by atoms with Crippen molar-refractivity contribution in [1.82, 2.24) is 0 Å². The third kappa shape index (κ3) is 5.50. The first kappa shape index (κ1) is 14.9. The lowest BCUT2D eigenvalue weighted by atomic mass is 9.86. The van der Waals surface area contributed by atoms with E-state index in [1.54, 1.807) is 0 Å². The Morgan fingerprint density at radius 2 is 1.67 bits per heavy atom. The molecular formula is C12H26O3. The zero-order chi connectivity index (χ0) is 11.8. The van der Waals surface area contributed by atoms with E-state index in [-0.39, 0.29) is 18.4 Å². The minimum atomic E-state index is -0.458. The van der Waals surface area contributed by atoms with Gasteiger partial charge in [-0.1, -0.05) is 27.2 Å². The molecule has 0 spiro atoms. The molecular weight excluding hydrogens is 192 g/mol. The highest BCUT2D eigenvalue weighted by Crippen LogP contribution is 2.21. The van der Waals surface area contributed by atoms with E-state index < -0.39 is 12.2 Å². The summed E-state index contributed by atoms with van der Waals surface area (Å²) >= 11 is 0. The van der Waals surface area contributed by atoms with Crippen molar-refractivity contribution in [3.05, 3.63) is 0 Å². The van der Waals surface area contributed by atoms with Crippen LogP contribution in [0, 0.1) is 11.8 Å². The molecule has 3 nitrogen and oxygen atoms in total. The minimum Gasteiger partial charge on any atom is -0.396 e. The van der Waals surface area contributed by atoms with E-state index in [1.165, 1.54) is 0 Å². The topological polar surface area (TPSA) is 60.7 Å². The maximum atomic E-state index is 9.90. The van der Waals surface area contributed by atoms with Crippen LogP contribution in [0.3, 0.4) is 0 Å². The van der Waals surface area contributed by atoms with Crippen molar-refractivity contribution in [3.63, 3.8) is 0 Å². The van der Waals surface area contributed by atoms with Crippen LogP contribution in [-0.4, -0.2) is 34.1 Å². The van der Waals surface area contributed by atoms with Gasteiger partial charge in [-0.25, -0.2) is 0 Å². The molecule has 0 aliphatic rings. The summed E-state index contributed by atoms with van der Waals surface area (Å²) in [6.45, 7) is 6.11. The van der Waals surface area contributed by atoms with E-state index in [9.17, 15) is 10.2 Å². The van der Waals surface area contributed by atoms with Crippen molar-refractivity contribution in [3.8, 4) is 0 Å². The summed E-state index contributed by atoms with van der Waals surface area (Å²) in [6.07, 6.45) is 2.24. The molecule has 0 aliphatic heterocycles. The van der Waals surface area contributed by atoms with Crippen molar-refractivity contribution in [2.75, 3.05) is 6.61 Å². The monoisotopic (exact) mass is 218 g/mol. The molecule has 3 N–H and O–H groups in total. The first-order valence-electron chi connectivity index (χ1n) is 6.01. The van der Waals surface area contributed by atoms with Gasteiger partial charge < -0.3 is 15.3 Å². The van der Waals surface area contributed by atoms with Crippen LogP contribution in [0.15, 0.2) is 0 Å². The third-order valence-electron chi connectivity index (χ3n) is 3.28. The van der Waals surface area contributed by atoms with Gasteiger partial charge in [0.1, 0.15) is 0 Å². The zero-order valence-corrected chi connectivity index (χ0v) is 10.2. The van der Waals surface area contributed by atoms with Gasteiger partial charge in [0.25, 0.3) is 0 Å². The average Bonchev–Trinajstić information content (AvgIpc) is 2.26. The fourth-order valence-corrected chi connectivity index (χ4v) is 1.72. The SMILES string of the molecule is CC[C@H](C)[C@H](O)[C@H](C)[C@H](O)CCCCO. The van der Waals surface area contributed by atoms with Gasteiger partial charge in [-0.05, 0) is 25.2 Å². The zero-order valence-electron chi connectivity index (χ0n) is 10.2. The molecule has 0 aromatic heterocycles. The summed E-state index contributed by atoms with van der Waals surface area (Å²) in [6, 6.07) is 0. The lowest BCUT2D eigenvalue weighted by Crippen LogP contribution is -2.33. The highest BCUT2D eigenvalue weighted by molar-refractivity contribution is 4.75. The molecule has 0 saturated heterocycles. The Morgan fingerprint density at radius 1 is 1.07 bits per heavy atom. The summed E-state index contributed by atoms with van der Waals surface area (Å²) in [5.41, 5.74) is 0. The molecule has 0 heterocycles. The second-order valence-electron chi connectivity index (χ2n) is 4.52. The quantitative estimate of drug-likeness (QED) is 0.542. The molecule has 0 bridgehead atoms. The maximum absolute atomic E-state index is 9.90. The number of unbranched alkanes of at least 4 members (excludes halogenated alkanes) is 1. The van der Waals surface area contributed by atoms with Crippen LogP contribution in [0.4, 0.5) is 0 Å². The standard InChI is InChI=1S/C12H26O3/c1-4-9(2)12(15)10(3)11(14)7-5-6-8-13/h9-15H,4-8H2,1-3H3/t9-,10+,11+,12-/m0/s1. The van der Waals surface area contributed by atoms with Gasteiger partial charge in [-0.15, -0.1) is 0 Å². The Bertz CT molecular complexity index is 150. The van der Waals surface area contributed by atoms with Gasteiger partial charge in [-0.3, -0.25) is 0 Å². The first-order valence-corrected chi connectivity index (χ1v) is 6.01. The second kappa shape index (κ2) is 8.08. The minimum absolute atomic E-state index is 0.0846. The summed E-state index contributed by atoms with van der Waals surface area (Å²) < 4.78 is 0. The molecule has 4 atom stereocenters. The van der Waals surface area contributed by atoms with Crippen LogP contribution in [0.5, 0.6) is 0 Å². The molecule has 0 radical (unpaired) electrons. The van der Waals surface area contributed by atoms with E-state index in [0.717, 1.165) is 19.3 Å². The molecule has 0 aliphatic carbocycles. The number of hydrogen-bond acceptors (Lipinski definition) is 3. The highest BCUT2D eigenvalue weighted by atomic mass is 16.3. The molecule has 0 saturated carbocycles. The van der Waals surface area contributed by atoms with Gasteiger partial charge in [0.2, 0.25) is 0 Å². The van der Waals surface area contributed by atoms with Crippen molar-refractivity contribution < 1.29 is 15.3 Å². The van der Waals surface area contributed by atoms with E-state index in [1.807, 2.05) is 20.8 Å². The van der Waals surface area contributed by atoms with Crippen LogP contribution < -0.4 is 0 Å². The van der Waals surface area contributed by atoms with Gasteiger partial charge in [-0.2, -0.15) is 0 Å². The Balaban J connectivity index is 3.90. The average molecular weight is 218 g/mol. The molecule has 0 aromatic rings.